The van der Waals surface area contributed by atoms with Crippen molar-refractivity contribution in [2.75, 3.05) is 56.0 Å². The zero-order valence-corrected chi connectivity index (χ0v) is 21.0. The van der Waals surface area contributed by atoms with Crippen molar-refractivity contribution in [3.05, 3.63) is 53.6 Å². The monoisotopic (exact) mass is 526 g/mol. The molecule has 2 saturated heterocycles. The number of piperazine rings is 1. The molecule has 0 saturated carbocycles. The van der Waals surface area contributed by atoms with E-state index in [1.165, 1.54) is 17.8 Å². The summed E-state index contributed by atoms with van der Waals surface area (Å²) in [6, 6.07) is 14.3. The van der Waals surface area contributed by atoms with E-state index in [0.717, 1.165) is 62.8 Å². The van der Waals surface area contributed by atoms with Crippen LogP contribution in [0.2, 0.25) is 5.02 Å². The number of thioether (sulfide) groups is 1. The summed E-state index contributed by atoms with van der Waals surface area (Å²) in [5.41, 5.74) is -2.34. The highest BCUT2D eigenvalue weighted by Crippen LogP contribution is 2.37. The molecule has 1 atom stereocenters. The lowest BCUT2D eigenvalue weighted by atomic mass is 10.0. The van der Waals surface area contributed by atoms with E-state index in [4.69, 9.17) is 11.6 Å². The van der Waals surface area contributed by atoms with Gasteiger partial charge in [-0.2, -0.15) is 13.2 Å². The summed E-state index contributed by atoms with van der Waals surface area (Å²) in [5.74, 6) is 0.161. The molecule has 1 N–H and O–H groups in total. The molecule has 2 fully saturated rings. The number of likely N-dealkylation sites (tertiary alicyclic amines) is 1. The van der Waals surface area contributed by atoms with E-state index in [-0.39, 0.29) is 28.6 Å². The van der Waals surface area contributed by atoms with E-state index in [1.807, 2.05) is 29.2 Å². The molecule has 2 aromatic carbocycles. The maximum atomic E-state index is 12.9. The molecule has 2 heterocycles. The summed E-state index contributed by atoms with van der Waals surface area (Å²) in [6.07, 6.45) is 2.33. The minimum Gasteiger partial charge on any atom is -0.381 e. The third-order valence-corrected chi connectivity index (χ3v) is 7.43. The van der Waals surface area contributed by atoms with Gasteiger partial charge in [-0.25, -0.2) is 0 Å². The van der Waals surface area contributed by atoms with Gasteiger partial charge in [0, 0.05) is 79.6 Å². The molecular weight excluding hydrogens is 497 g/mol. The number of benzene rings is 2. The van der Waals surface area contributed by atoms with E-state index in [0.29, 0.717) is 13.0 Å². The average molecular weight is 527 g/mol. The van der Waals surface area contributed by atoms with Crippen LogP contribution in [0.3, 0.4) is 0 Å². The van der Waals surface area contributed by atoms with Crippen molar-refractivity contribution in [2.45, 2.75) is 35.7 Å². The first-order chi connectivity index (χ1) is 16.7. The summed E-state index contributed by atoms with van der Waals surface area (Å²) in [6.45, 7) is 5.80. The molecule has 0 aliphatic carbocycles. The number of alkyl halides is 3. The lowest BCUT2D eigenvalue weighted by Gasteiger charge is -2.37. The lowest BCUT2D eigenvalue weighted by molar-refractivity contribution is -0.132. The molecule has 2 aliphatic rings. The summed E-state index contributed by atoms with van der Waals surface area (Å²) < 4.78 is 37.5. The van der Waals surface area contributed by atoms with Crippen LogP contribution in [-0.2, 0) is 4.79 Å². The minimum atomic E-state index is -4.29. The molecule has 0 radical (unpaired) electrons. The first kappa shape index (κ1) is 26.0. The number of amides is 1. The van der Waals surface area contributed by atoms with Gasteiger partial charge in [-0.05, 0) is 73.1 Å². The zero-order chi connectivity index (χ0) is 24.8. The van der Waals surface area contributed by atoms with Gasteiger partial charge in [0.05, 0.1) is 0 Å². The highest BCUT2D eigenvalue weighted by Gasteiger charge is 2.29. The first-order valence-corrected chi connectivity index (χ1v) is 13.1. The Morgan fingerprint density at radius 2 is 1.69 bits per heavy atom. The molecule has 2 aromatic rings. The molecule has 1 unspecified atom stereocenters. The van der Waals surface area contributed by atoms with Gasteiger partial charge >= 0.3 is 5.51 Å². The lowest BCUT2D eigenvalue weighted by Crippen LogP contribution is -2.48. The zero-order valence-electron chi connectivity index (χ0n) is 19.4. The van der Waals surface area contributed by atoms with Crippen LogP contribution in [0.1, 0.15) is 19.3 Å². The van der Waals surface area contributed by atoms with Crippen LogP contribution < -0.4 is 10.2 Å². The Morgan fingerprint density at radius 3 is 2.34 bits per heavy atom. The van der Waals surface area contributed by atoms with Crippen LogP contribution in [0, 0.1) is 0 Å². The van der Waals surface area contributed by atoms with Crippen molar-refractivity contribution in [1.29, 1.82) is 0 Å². The van der Waals surface area contributed by atoms with Gasteiger partial charge in [-0.1, -0.05) is 11.6 Å². The number of carbonyl (C=O) groups excluding carboxylic acids is 1. The van der Waals surface area contributed by atoms with Gasteiger partial charge in [0.2, 0.25) is 5.91 Å². The number of piperidine rings is 1. The molecule has 10 heteroatoms. The number of carbonyl (C=O) groups is 1. The number of nitrogens with one attached hydrogen (secondary N) is 1. The quantitative estimate of drug-likeness (QED) is 0.478. The van der Waals surface area contributed by atoms with Gasteiger partial charge in [0.1, 0.15) is 0 Å². The van der Waals surface area contributed by atoms with Crippen molar-refractivity contribution >= 4 is 40.6 Å². The smallest absolute Gasteiger partial charge is 0.381 e. The minimum absolute atomic E-state index is 0.0942. The van der Waals surface area contributed by atoms with Crippen LogP contribution in [0.4, 0.5) is 24.5 Å². The van der Waals surface area contributed by atoms with E-state index < -0.39 is 5.51 Å². The summed E-state index contributed by atoms with van der Waals surface area (Å²) in [5, 5.41) is 4.11. The second-order valence-electron chi connectivity index (χ2n) is 8.95. The largest absolute Gasteiger partial charge is 0.446 e. The Balaban J connectivity index is 1.19. The van der Waals surface area contributed by atoms with Crippen LogP contribution in [0.25, 0.3) is 0 Å². The Kier molecular flexibility index (Phi) is 8.73. The number of nitrogens with zero attached hydrogens (tertiary/aromatic N) is 3. The van der Waals surface area contributed by atoms with Crippen LogP contribution in [0.15, 0.2) is 53.4 Å². The van der Waals surface area contributed by atoms with Crippen molar-refractivity contribution in [3.63, 3.8) is 0 Å². The van der Waals surface area contributed by atoms with Crippen molar-refractivity contribution in [3.8, 4) is 0 Å². The first-order valence-electron chi connectivity index (χ1n) is 11.9. The summed E-state index contributed by atoms with van der Waals surface area (Å²) >= 11 is 5.87. The van der Waals surface area contributed by atoms with E-state index in [9.17, 15) is 18.0 Å². The van der Waals surface area contributed by atoms with Crippen LogP contribution in [0.5, 0.6) is 0 Å². The predicted molar refractivity (Wildman–Crippen MR) is 136 cm³/mol. The van der Waals surface area contributed by atoms with Crippen molar-refractivity contribution in [2.24, 2.45) is 0 Å². The Bertz CT molecular complexity index is 966. The third kappa shape index (κ3) is 7.95. The highest BCUT2D eigenvalue weighted by molar-refractivity contribution is 8.00. The molecule has 35 heavy (non-hydrogen) atoms. The molecule has 2 aliphatic heterocycles. The average Bonchev–Trinajstić information content (AvgIpc) is 2.84. The standard InChI is InChI=1S/C25H30ClF3N4OS/c26-19-3-7-22(8-4-19)32-16-14-31(15-17-32)13-11-24(34)33-12-1-2-21(18-33)30-20-5-9-23(10-6-20)35-25(27,28)29/h3-10,21,30H,1-2,11-18H2. The molecule has 190 valence electrons. The summed E-state index contributed by atoms with van der Waals surface area (Å²) in [4.78, 5) is 19.6. The second kappa shape index (κ2) is 11.8. The maximum Gasteiger partial charge on any atom is 0.446 e. The highest BCUT2D eigenvalue weighted by atomic mass is 35.5. The SMILES string of the molecule is O=C(CCN1CCN(c2ccc(Cl)cc2)CC1)N1CCCC(Nc2ccc(SC(F)(F)F)cc2)C1. The fourth-order valence-electron chi connectivity index (χ4n) is 4.60. The normalized spacial score (nSPS) is 19.6. The van der Waals surface area contributed by atoms with E-state index in [1.54, 1.807) is 12.1 Å². The van der Waals surface area contributed by atoms with Crippen molar-refractivity contribution < 1.29 is 18.0 Å². The number of anilines is 2. The van der Waals surface area contributed by atoms with Crippen LogP contribution in [-0.4, -0.2) is 73.1 Å². The second-order valence-corrected chi connectivity index (χ2v) is 10.5. The van der Waals surface area contributed by atoms with Gasteiger partial charge in [-0.15, -0.1) is 0 Å². The fraction of sp³-hybridized carbons (Fsp3) is 0.480. The van der Waals surface area contributed by atoms with Gasteiger partial charge in [0.15, 0.2) is 0 Å². The molecule has 0 spiro atoms. The van der Waals surface area contributed by atoms with Gasteiger partial charge in [-0.3, -0.25) is 9.69 Å². The number of halogens is 4. The van der Waals surface area contributed by atoms with E-state index >= 15 is 0 Å². The number of hydrogen-bond donors (Lipinski definition) is 1. The topological polar surface area (TPSA) is 38.8 Å². The molecule has 0 bridgehead atoms. The Morgan fingerprint density at radius 1 is 1.00 bits per heavy atom. The van der Waals surface area contributed by atoms with Crippen molar-refractivity contribution in [1.82, 2.24) is 9.80 Å². The Hall–Kier alpha value is -2.10. The van der Waals surface area contributed by atoms with Crippen LogP contribution >= 0.6 is 23.4 Å². The van der Waals surface area contributed by atoms with Gasteiger partial charge < -0.3 is 15.1 Å². The number of hydrogen-bond acceptors (Lipinski definition) is 5. The molecule has 0 aromatic heterocycles. The molecule has 4 rings (SSSR count). The predicted octanol–water partition coefficient (Wildman–Crippen LogP) is 5.57. The maximum absolute atomic E-state index is 12.9. The third-order valence-electron chi connectivity index (χ3n) is 6.44. The molecule has 1 amide bonds. The molecule has 5 nitrogen and oxygen atoms in total. The van der Waals surface area contributed by atoms with E-state index in [2.05, 4.69) is 15.1 Å². The molecular formula is C25H30ClF3N4OS. The summed E-state index contributed by atoms with van der Waals surface area (Å²) in [7, 11) is 0. The number of rotatable bonds is 7. The van der Waals surface area contributed by atoms with Gasteiger partial charge in [0.25, 0.3) is 0 Å². The fourth-order valence-corrected chi connectivity index (χ4v) is 5.27. The Labute approximate surface area is 213 Å².